The minimum Gasteiger partial charge on any atom is -0.310 e. The largest absolute Gasteiger partial charge is 0.316 e. The van der Waals surface area contributed by atoms with Crippen molar-refractivity contribution in [3.05, 3.63) is 47.3 Å². The molecule has 0 N–H and O–H groups in total. The molecule has 0 aliphatic carbocycles. The summed E-state index contributed by atoms with van der Waals surface area (Å²) in [5, 5.41) is 7.49. The van der Waals surface area contributed by atoms with Gasteiger partial charge in [0.15, 0.2) is 10.9 Å². The van der Waals surface area contributed by atoms with E-state index in [0.29, 0.717) is 11.7 Å². The molecule has 2 heterocycles. The number of hydrogen-bond donors (Lipinski definition) is 0. The SMILES string of the molecule is CCCCCSc1nc2c(n1Cc1ccccc1)C(=O)N=NC2=O. The molecule has 0 unspecified atom stereocenters. The van der Waals surface area contributed by atoms with E-state index in [2.05, 4.69) is 22.1 Å². The van der Waals surface area contributed by atoms with Crippen LogP contribution in [0.3, 0.4) is 0 Å². The van der Waals surface area contributed by atoms with E-state index >= 15 is 0 Å². The maximum atomic E-state index is 12.1. The summed E-state index contributed by atoms with van der Waals surface area (Å²) in [6, 6.07) is 9.79. The molecule has 6 nitrogen and oxygen atoms in total. The van der Waals surface area contributed by atoms with Crippen molar-refractivity contribution in [2.24, 2.45) is 10.2 Å². The number of carbonyl (C=O) groups is 2. The molecule has 0 radical (unpaired) electrons. The highest BCUT2D eigenvalue weighted by molar-refractivity contribution is 7.99. The molecule has 0 bridgehead atoms. The van der Waals surface area contributed by atoms with Gasteiger partial charge in [0, 0.05) is 5.75 Å². The monoisotopic (exact) mass is 342 g/mol. The predicted molar refractivity (Wildman–Crippen MR) is 91.5 cm³/mol. The summed E-state index contributed by atoms with van der Waals surface area (Å²) in [7, 11) is 0. The lowest BCUT2D eigenvalue weighted by molar-refractivity contribution is 0.0912. The van der Waals surface area contributed by atoms with Crippen LogP contribution in [0.1, 0.15) is 52.7 Å². The summed E-state index contributed by atoms with van der Waals surface area (Å²) in [5.41, 5.74) is 1.40. The van der Waals surface area contributed by atoms with Crippen LogP contribution in [-0.2, 0) is 6.54 Å². The van der Waals surface area contributed by atoms with Crippen molar-refractivity contribution in [1.82, 2.24) is 9.55 Å². The van der Waals surface area contributed by atoms with E-state index in [1.807, 2.05) is 30.3 Å². The zero-order valence-corrected chi connectivity index (χ0v) is 14.3. The van der Waals surface area contributed by atoms with E-state index < -0.39 is 11.8 Å². The highest BCUT2D eigenvalue weighted by Gasteiger charge is 2.31. The first kappa shape index (κ1) is 16.6. The Morgan fingerprint density at radius 1 is 1.04 bits per heavy atom. The fourth-order valence-corrected chi connectivity index (χ4v) is 3.52. The Labute approximate surface area is 144 Å². The highest BCUT2D eigenvalue weighted by Crippen LogP contribution is 2.27. The minimum absolute atomic E-state index is 0.115. The van der Waals surface area contributed by atoms with Crippen molar-refractivity contribution in [1.29, 1.82) is 0 Å². The number of unbranched alkanes of at least 4 members (excludes halogenated alkanes) is 2. The third-order valence-electron chi connectivity index (χ3n) is 3.73. The Bertz CT molecular complexity index is 783. The van der Waals surface area contributed by atoms with Crippen LogP contribution in [0, 0.1) is 0 Å². The van der Waals surface area contributed by atoms with Gasteiger partial charge in [0.2, 0.25) is 0 Å². The summed E-state index contributed by atoms with van der Waals surface area (Å²) in [4.78, 5) is 28.5. The van der Waals surface area contributed by atoms with Gasteiger partial charge in [-0.1, -0.05) is 61.9 Å². The van der Waals surface area contributed by atoms with E-state index in [0.717, 1.165) is 30.6 Å². The number of imidazole rings is 1. The smallest absolute Gasteiger partial charge is 0.310 e. The van der Waals surface area contributed by atoms with Gasteiger partial charge in [-0.05, 0) is 12.0 Å². The summed E-state index contributed by atoms with van der Waals surface area (Å²) in [5.74, 6) is -0.157. The van der Waals surface area contributed by atoms with Crippen LogP contribution in [-0.4, -0.2) is 27.1 Å². The Kier molecular flexibility index (Phi) is 5.20. The number of benzene rings is 1. The van der Waals surface area contributed by atoms with E-state index in [-0.39, 0.29) is 11.4 Å². The lowest BCUT2D eigenvalue weighted by Gasteiger charge is -2.11. The molecule has 1 aromatic heterocycles. The summed E-state index contributed by atoms with van der Waals surface area (Å²) >= 11 is 1.57. The molecule has 124 valence electrons. The van der Waals surface area contributed by atoms with Crippen molar-refractivity contribution in [3.8, 4) is 0 Å². The number of fused-ring (bicyclic) bond motifs is 1. The standard InChI is InChI=1S/C17H18N4O2S/c1-2-3-7-10-24-17-18-13-14(16(23)20-19-15(13)22)21(17)11-12-8-5-4-6-9-12/h4-6,8-9H,2-3,7,10-11H2,1H3. The molecule has 0 atom stereocenters. The van der Waals surface area contributed by atoms with Crippen LogP contribution in [0.2, 0.25) is 0 Å². The van der Waals surface area contributed by atoms with Crippen LogP contribution >= 0.6 is 11.8 Å². The Morgan fingerprint density at radius 2 is 1.79 bits per heavy atom. The average Bonchev–Trinajstić information content (AvgIpc) is 2.96. The number of hydrogen-bond acceptors (Lipinski definition) is 4. The van der Waals surface area contributed by atoms with Crippen molar-refractivity contribution in [2.45, 2.75) is 37.9 Å². The van der Waals surface area contributed by atoms with Gasteiger partial charge in [-0.15, -0.1) is 10.2 Å². The molecule has 0 saturated carbocycles. The van der Waals surface area contributed by atoms with Gasteiger partial charge in [0.25, 0.3) is 0 Å². The summed E-state index contributed by atoms with van der Waals surface area (Å²) in [6.45, 7) is 2.63. The number of carbonyl (C=O) groups excluding carboxylic acids is 2. The third kappa shape index (κ3) is 3.46. The summed E-state index contributed by atoms with van der Waals surface area (Å²) in [6.07, 6.45) is 3.36. The van der Waals surface area contributed by atoms with Crippen LogP contribution in [0.15, 0.2) is 45.7 Å². The van der Waals surface area contributed by atoms with Gasteiger partial charge in [-0.3, -0.25) is 9.59 Å². The van der Waals surface area contributed by atoms with Crippen LogP contribution in [0.4, 0.5) is 0 Å². The zero-order chi connectivity index (χ0) is 16.9. The number of nitrogens with zero attached hydrogens (tertiary/aromatic N) is 4. The molecule has 0 spiro atoms. The van der Waals surface area contributed by atoms with Gasteiger partial charge in [-0.2, -0.15) is 0 Å². The summed E-state index contributed by atoms with van der Waals surface area (Å²) < 4.78 is 1.79. The Hall–Kier alpha value is -2.28. The maximum Gasteiger partial charge on any atom is 0.316 e. The van der Waals surface area contributed by atoms with E-state index in [1.54, 1.807) is 16.3 Å². The minimum atomic E-state index is -0.549. The predicted octanol–water partition coefficient (Wildman–Crippen LogP) is 3.96. The first-order valence-electron chi connectivity index (χ1n) is 7.98. The highest BCUT2D eigenvalue weighted by atomic mass is 32.2. The molecule has 1 aliphatic heterocycles. The Balaban J connectivity index is 1.94. The number of thioether (sulfide) groups is 1. The van der Waals surface area contributed by atoms with Gasteiger partial charge in [-0.25, -0.2) is 4.98 Å². The fourth-order valence-electron chi connectivity index (χ4n) is 2.52. The van der Waals surface area contributed by atoms with Crippen molar-refractivity contribution >= 4 is 23.6 Å². The van der Waals surface area contributed by atoms with Gasteiger partial charge in [0.05, 0.1) is 6.54 Å². The third-order valence-corrected chi connectivity index (χ3v) is 4.79. The van der Waals surface area contributed by atoms with Crippen LogP contribution < -0.4 is 0 Å². The number of aromatic nitrogens is 2. The topological polar surface area (TPSA) is 76.7 Å². The van der Waals surface area contributed by atoms with Crippen LogP contribution in [0.5, 0.6) is 0 Å². The maximum absolute atomic E-state index is 12.1. The van der Waals surface area contributed by atoms with E-state index in [1.165, 1.54) is 0 Å². The molecule has 0 saturated heterocycles. The van der Waals surface area contributed by atoms with Gasteiger partial charge < -0.3 is 4.57 Å². The quantitative estimate of drug-likeness (QED) is 0.564. The molecule has 7 heteroatoms. The first-order chi connectivity index (χ1) is 11.7. The van der Waals surface area contributed by atoms with Gasteiger partial charge in [0.1, 0.15) is 5.69 Å². The first-order valence-corrected chi connectivity index (χ1v) is 8.97. The molecule has 0 fully saturated rings. The number of rotatable bonds is 7. The lowest BCUT2D eigenvalue weighted by Crippen LogP contribution is -2.16. The van der Waals surface area contributed by atoms with E-state index in [9.17, 15) is 9.59 Å². The number of amides is 2. The average molecular weight is 342 g/mol. The molecular formula is C17H18N4O2S. The number of azo groups is 1. The Morgan fingerprint density at radius 3 is 2.54 bits per heavy atom. The molecule has 1 aromatic carbocycles. The second-order valence-corrected chi connectivity index (χ2v) is 6.59. The van der Waals surface area contributed by atoms with Crippen molar-refractivity contribution in [3.63, 3.8) is 0 Å². The normalized spacial score (nSPS) is 13.4. The molecule has 2 aromatic rings. The van der Waals surface area contributed by atoms with E-state index in [4.69, 9.17) is 0 Å². The fraction of sp³-hybridized carbons (Fsp3) is 0.353. The van der Waals surface area contributed by atoms with Crippen molar-refractivity contribution < 1.29 is 9.59 Å². The van der Waals surface area contributed by atoms with Crippen LogP contribution in [0.25, 0.3) is 0 Å². The van der Waals surface area contributed by atoms with Gasteiger partial charge >= 0.3 is 11.8 Å². The molecule has 2 amide bonds. The molecule has 3 rings (SSSR count). The second kappa shape index (κ2) is 7.53. The molecule has 24 heavy (non-hydrogen) atoms. The molecule has 1 aliphatic rings. The zero-order valence-electron chi connectivity index (χ0n) is 13.4. The molecular weight excluding hydrogens is 324 g/mol. The lowest BCUT2D eigenvalue weighted by atomic mass is 10.2. The second-order valence-electron chi connectivity index (χ2n) is 5.53. The van der Waals surface area contributed by atoms with Crippen molar-refractivity contribution in [2.75, 3.05) is 5.75 Å².